The predicted molar refractivity (Wildman–Crippen MR) is 90.4 cm³/mol. The van der Waals surface area contributed by atoms with Crippen LogP contribution in [0.4, 0.5) is 5.69 Å². The summed E-state index contributed by atoms with van der Waals surface area (Å²) in [7, 11) is 0. The van der Waals surface area contributed by atoms with Crippen LogP contribution in [0.3, 0.4) is 0 Å². The maximum atomic E-state index is 4.50. The molecular weight excluding hydrogens is 449 g/mol. The van der Waals surface area contributed by atoms with Gasteiger partial charge >= 0.3 is 141 Å². The first-order chi connectivity index (χ1) is 9.65. The predicted octanol–water partition coefficient (Wildman–Crippen LogP) is 4.38. The Kier molecular flexibility index (Phi) is 4.26. The number of hydrogen-bond acceptors (Lipinski definition) is 3. The van der Waals surface area contributed by atoms with Crippen LogP contribution in [0.25, 0.3) is 11.0 Å². The summed E-state index contributed by atoms with van der Waals surface area (Å²) < 4.78 is 11.1. The Balaban J connectivity index is 1.92. The Bertz CT molecular complexity index is 757. The number of hydrogen-bond donors (Lipinski definition) is 1. The minimum absolute atomic E-state index is 0.00154. The van der Waals surface area contributed by atoms with E-state index in [4.69, 9.17) is 0 Å². The third-order valence-corrected chi connectivity index (χ3v) is 5.41. The molecule has 0 saturated carbocycles. The summed E-state index contributed by atoms with van der Waals surface area (Å²) in [6, 6.07) is 12.5. The molecule has 1 N–H and O–H groups in total. The standard InChI is InChI=1S/C14H11Br2N3Se/c1-8(10-6-5-9(15)7-11(10)16)17-12-3-2-4-13-14(12)19-20-18-13/h2-8,17H,1H3. The van der Waals surface area contributed by atoms with Crippen molar-refractivity contribution >= 4 is 63.5 Å². The van der Waals surface area contributed by atoms with E-state index in [2.05, 4.69) is 76.3 Å². The van der Waals surface area contributed by atoms with Crippen molar-refractivity contribution in [1.82, 2.24) is 7.96 Å². The second kappa shape index (κ2) is 5.98. The molecule has 1 unspecified atom stereocenters. The molecule has 102 valence electrons. The van der Waals surface area contributed by atoms with E-state index in [9.17, 15) is 0 Å². The van der Waals surface area contributed by atoms with Crippen LogP contribution in [0.2, 0.25) is 0 Å². The van der Waals surface area contributed by atoms with Crippen LogP contribution in [0, 0.1) is 0 Å². The number of nitrogens with zero attached hydrogens (tertiary/aromatic N) is 2. The topological polar surface area (TPSA) is 37.8 Å². The molecule has 0 amide bonds. The van der Waals surface area contributed by atoms with Crippen LogP contribution in [-0.4, -0.2) is 22.9 Å². The average Bonchev–Trinajstić information content (AvgIpc) is 2.87. The first-order valence-corrected chi connectivity index (χ1v) is 9.20. The molecule has 0 aliphatic carbocycles. The monoisotopic (exact) mass is 459 g/mol. The van der Waals surface area contributed by atoms with Crippen LogP contribution in [-0.2, 0) is 0 Å². The molecule has 6 heteroatoms. The number of aromatic nitrogens is 2. The van der Waals surface area contributed by atoms with Crippen LogP contribution in [0.15, 0.2) is 45.3 Å². The van der Waals surface area contributed by atoms with Crippen molar-refractivity contribution in [3.05, 3.63) is 50.9 Å². The third kappa shape index (κ3) is 2.84. The van der Waals surface area contributed by atoms with Gasteiger partial charge in [0.15, 0.2) is 0 Å². The SMILES string of the molecule is CC(Nc1cccc2n[se]nc12)c1ccc(Br)cc1Br. The Labute approximate surface area is 140 Å². The first kappa shape index (κ1) is 14.3. The molecule has 20 heavy (non-hydrogen) atoms. The summed E-state index contributed by atoms with van der Waals surface area (Å²) in [5.74, 6) is 0. The van der Waals surface area contributed by atoms with Gasteiger partial charge in [-0.3, -0.25) is 0 Å². The number of anilines is 1. The zero-order valence-electron chi connectivity index (χ0n) is 10.6. The van der Waals surface area contributed by atoms with Gasteiger partial charge in [-0.25, -0.2) is 0 Å². The van der Waals surface area contributed by atoms with E-state index in [1.807, 2.05) is 12.1 Å². The van der Waals surface area contributed by atoms with Gasteiger partial charge in [0.05, 0.1) is 0 Å². The second-order valence-corrected chi connectivity index (χ2v) is 7.35. The minimum atomic E-state index is 0.00154. The van der Waals surface area contributed by atoms with E-state index < -0.39 is 0 Å². The quantitative estimate of drug-likeness (QED) is 0.590. The van der Waals surface area contributed by atoms with E-state index in [0.717, 1.165) is 25.7 Å². The normalized spacial score (nSPS) is 12.6. The summed E-state index contributed by atoms with van der Waals surface area (Å²) >= 11 is 7.09. The molecule has 0 saturated heterocycles. The van der Waals surface area contributed by atoms with Gasteiger partial charge in [0.1, 0.15) is 0 Å². The first-order valence-electron chi connectivity index (χ1n) is 6.08. The summed E-state index contributed by atoms with van der Waals surface area (Å²) in [5.41, 5.74) is 4.25. The molecule has 0 radical (unpaired) electrons. The second-order valence-electron chi connectivity index (χ2n) is 4.47. The van der Waals surface area contributed by atoms with E-state index in [0.29, 0.717) is 0 Å². The van der Waals surface area contributed by atoms with E-state index >= 15 is 0 Å². The van der Waals surface area contributed by atoms with Gasteiger partial charge in [-0.05, 0) is 0 Å². The van der Waals surface area contributed by atoms with Gasteiger partial charge in [0.25, 0.3) is 0 Å². The van der Waals surface area contributed by atoms with E-state index in [1.165, 1.54) is 5.56 Å². The van der Waals surface area contributed by atoms with E-state index in [1.54, 1.807) is 0 Å². The Morgan fingerprint density at radius 3 is 2.80 bits per heavy atom. The number of rotatable bonds is 3. The van der Waals surface area contributed by atoms with Gasteiger partial charge in [-0.2, -0.15) is 0 Å². The number of fused-ring (bicyclic) bond motifs is 1. The molecule has 1 aromatic heterocycles. The molecule has 3 rings (SSSR count). The molecular formula is C14H11Br2N3Se. The van der Waals surface area contributed by atoms with Crippen LogP contribution in [0.5, 0.6) is 0 Å². The fraction of sp³-hybridized carbons (Fsp3) is 0.143. The van der Waals surface area contributed by atoms with Gasteiger partial charge < -0.3 is 0 Å². The average molecular weight is 460 g/mol. The Hall–Kier alpha value is -0.681. The molecule has 0 spiro atoms. The van der Waals surface area contributed by atoms with Gasteiger partial charge in [0.2, 0.25) is 0 Å². The van der Waals surface area contributed by atoms with Crippen LogP contribution < -0.4 is 5.32 Å². The molecule has 2 aromatic carbocycles. The molecule has 3 nitrogen and oxygen atoms in total. The Morgan fingerprint density at radius 2 is 2.00 bits per heavy atom. The summed E-state index contributed by atoms with van der Waals surface area (Å²) in [5, 5.41) is 3.53. The van der Waals surface area contributed by atoms with Crippen molar-refractivity contribution in [2.45, 2.75) is 13.0 Å². The summed E-state index contributed by atoms with van der Waals surface area (Å²) in [6.45, 7) is 2.14. The number of nitrogens with one attached hydrogen (secondary N) is 1. The molecule has 0 aliphatic rings. The van der Waals surface area contributed by atoms with Gasteiger partial charge in [-0.1, -0.05) is 0 Å². The van der Waals surface area contributed by atoms with Crippen molar-refractivity contribution in [3.8, 4) is 0 Å². The third-order valence-electron chi connectivity index (χ3n) is 3.09. The van der Waals surface area contributed by atoms with Crippen molar-refractivity contribution in [2.24, 2.45) is 0 Å². The molecule has 0 fully saturated rings. The molecule has 3 aromatic rings. The fourth-order valence-electron chi connectivity index (χ4n) is 2.09. The van der Waals surface area contributed by atoms with Crippen molar-refractivity contribution in [2.75, 3.05) is 5.32 Å². The van der Waals surface area contributed by atoms with Crippen molar-refractivity contribution < 1.29 is 0 Å². The summed E-state index contributed by atoms with van der Waals surface area (Å²) in [4.78, 5) is 0. The Morgan fingerprint density at radius 1 is 1.15 bits per heavy atom. The zero-order valence-corrected chi connectivity index (χ0v) is 15.5. The maximum absolute atomic E-state index is 4.50. The summed E-state index contributed by atoms with van der Waals surface area (Å²) in [6.07, 6.45) is 0. The molecule has 0 aliphatic heterocycles. The zero-order chi connectivity index (χ0) is 14.1. The molecule has 0 bridgehead atoms. The molecule has 1 heterocycles. The van der Waals surface area contributed by atoms with Gasteiger partial charge in [-0.15, -0.1) is 0 Å². The number of benzene rings is 2. The fourth-order valence-corrected chi connectivity index (χ4v) is 4.63. The van der Waals surface area contributed by atoms with Gasteiger partial charge in [0, 0.05) is 0 Å². The van der Waals surface area contributed by atoms with Crippen molar-refractivity contribution in [1.29, 1.82) is 0 Å². The van der Waals surface area contributed by atoms with E-state index in [-0.39, 0.29) is 21.0 Å². The molecule has 1 atom stereocenters. The number of halogens is 2. The van der Waals surface area contributed by atoms with Crippen LogP contribution in [0.1, 0.15) is 18.5 Å². The van der Waals surface area contributed by atoms with Crippen LogP contribution >= 0.6 is 31.9 Å². The van der Waals surface area contributed by atoms with Crippen molar-refractivity contribution in [3.63, 3.8) is 0 Å².